The van der Waals surface area contributed by atoms with Gasteiger partial charge in [0.05, 0.1) is 25.2 Å². The van der Waals surface area contributed by atoms with Gasteiger partial charge in [0.25, 0.3) is 0 Å². The number of aromatic hydroxyl groups is 1. The number of para-hydroxylation sites is 1. The van der Waals surface area contributed by atoms with E-state index < -0.39 is 5.54 Å². The number of rotatable bonds is 6. The first kappa shape index (κ1) is 14.5. The maximum atomic E-state index is 11.8. The molecule has 0 aliphatic rings. The van der Waals surface area contributed by atoms with Gasteiger partial charge in [-0.05, 0) is 12.5 Å². The van der Waals surface area contributed by atoms with Crippen molar-refractivity contribution in [1.82, 2.24) is 5.32 Å². The van der Waals surface area contributed by atoms with Gasteiger partial charge in [-0.25, -0.2) is 0 Å². The molecule has 0 saturated carbocycles. The number of benzene rings is 1. The summed E-state index contributed by atoms with van der Waals surface area (Å²) in [7, 11) is 0. The molecule has 1 amide bonds. The van der Waals surface area contributed by atoms with Crippen LogP contribution in [-0.2, 0) is 11.2 Å². The smallest absolute Gasteiger partial charge is 0.225 e. The Morgan fingerprint density at radius 2 is 1.89 bits per heavy atom. The maximum absolute atomic E-state index is 11.8. The molecule has 0 radical (unpaired) electrons. The highest BCUT2D eigenvalue weighted by Gasteiger charge is 2.28. The molecule has 1 rings (SSSR count). The Balaban J connectivity index is 2.70. The van der Waals surface area contributed by atoms with E-state index >= 15 is 0 Å². The second-order valence-corrected chi connectivity index (χ2v) is 4.30. The van der Waals surface area contributed by atoms with Gasteiger partial charge in [-0.15, -0.1) is 0 Å². The quantitative estimate of drug-likeness (QED) is 0.582. The number of carbonyl (C=O) groups excluding carboxylic acids is 1. The minimum atomic E-state index is -0.999. The van der Waals surface area contributed by atoms with Gasteiger partial charge in [-0.3, -0.25) is 4.79 Å². The molecule has 100 valence electrons. The van der Waals surface area contributed by atoms with Crippen LogP contribution in [0.5, 0.6) is 5.75 Å². The Kier molecular flexibility index (Phi) is 5.12. The van der Waals surface area contributed by atoms with Crippen LogP contribution >= 0.6 is 0 Å². The van der Waals surface area contributed by atoms with Crippen LogP contribution in [-0.4, -0.2) is 40.0 Å². The van der Waals surface area contributed by atoms with Crippen molar-refractivity contribution >= 4 is 5.91 Å². The minimum absolute atomic E-state index is 0.00836. The second kappa shape index (κ2) is 6.37. The lowest BCUT2D eigenvalue weighted by Crippen LogP contribution is -2.54. The van der Waals surface area contributed by atoms with Gasteiger partial charge in [-0.1, -0.05) is 25.1 Å². The number of aliphatic hydroxyl groups is 2. The van der Waals surface area contributed by atoms with Gasteiger partial charge >= 0.3 is 0 Å². The third kappa shape index (κ3) is 3.45. The van der Waals surface area contributed by atoms with Gasteiger partial charge in [0, 0.05) is 5.56 Å². The summed E-state index contributed by atoms with van der Waals surface area (Å²) in [6, 6.07) is 6.57. The molecule has 5 heteroatoms. The van der Waals surface area contributed by atoms with Gasteiger partial charge in [0.15, 0.2) is 0 Å². The fourth-order valence-corrected chi connectivity index (χ4v) is 1.61. The van der Waals surface area contributed by atoms with E-state index in [0.717, 1.165) is 0 Å². The lowest BCUT2D eigenvalue weighted by Gasteiger charge is -2.29. The van der Waals surface area contributed by atoms with Gasteiger partial charge < -0.3 is 20.6 Å². The Morgan fingerprint density at radius 3 is 2.39 bits per heavy atom. The van der Waals surface area contributed by atoms with Crippen molar-refractivity contribution in [3.63, 3.8) is 0 Å². The standard InChI is InChI=1S/C13H19NO4/c1-2-13(8-15,9-16)14-12(18)7-10-5-3-4-6-11(10)17/h3-6,15-17H,2,7-9H2,1H3,(H,14,18). The van der Waals surface area contributed by atoms with E-state index in [9.17, 15) is 20.1 Å². The van der Waals surface area contributed by atoms with E-state index in [1.807, 2.05) is 0 Å². The number of hydrogen-bond donors (Lipinski definition) is 4. The Labute approximate surface area is 106 Å². The first-order valence-electron chi connectivity index (χ1n) is 5.86. The summed E-state index contributed by atoms with van der Waals surface area (Å²) in [5.41, 5.74) is -0.488. The van der Waals surface area contributed by atoms with Gasteiger partial charge in [0.2, 0.25) is 5.91 Å². The first-order chi connectivity index (χ1) is 8.56. The first-order valence-corrected chi connectivity index (χ1v) is 5.86. The molecule has 1 aromatic rings. The van der Waals surface area contributed by atoms with Crippen molar-refractivity contribution in [2.45, 2.75) is 25.3 Å². The SMILES string of the molecule is CCC(CO)(CO)NC(=O)Cc1ccccc1O. The topological polar surface area (TPSA) is 89.8 Å². The van der Waals surface area contributed by atoms with E-state index in [-0.39, 0.29) is 31.3 Å². The largest absolute Gasteiger partial charge is 0.508 e. The third-order valence-electron chi connectivity index (χ3n) is 3.03. The predicted octanol–water partition coefficient (Wildman–Crippen LogP) is 0.184. The van der Waals surface area contributed by atoms with E-state index in [0.29, 0.717) is 12.0 Å². The van der Waals surface area contributed by atoms with Crippen LogP contribution in [0.15, 0.2) is 24.3 Å². The predicted molar refractivity (Wildman–Crippen MR) is 67.1 cm³/mol. The Hall–Kier alpha value is -1.59. The summed E-state index contributed by atoms with van der Waals surface area (Å²) in [5.74, 6) is -0.288. The van der Waals surface area contributed by atoms with Gasteiger partial charge in [0.1, 0.15) is 5.75 Å². The maximum Gasteiger partial charge on any atom is 0.225 e. The Bertz CT molecular complexity index is 393. The molecule has 0 saturated heterocycles. The molecule has 0 atom stereocenters. The number of nitrogens with one attached hydrogen (secondary N) is 1. The summed E-state index contributed by atoms with van der Waals surface area (Å²) in [5, 5.41) is 30.6. The number of carbonyl (C=O) groups is 1. The zero-order chi connectivity index (χ0) is 13.6. The lowest BCUT2D eigenvalue weighted by atomic mass is 9.98. The molecule has 0 heterocycles. The van der Waals surface area contributed by atoms with Crippen molar-refractivity contribution in [2.24, 2.45) is 0 Å². The molecule has 0 aromatic heterocycles. The highest BCUT2D eigenvalue weighted by molar-refractivity contribution is 5.80. The van der Waals surface area contributed by atoms with Crippen molar-refractivity contribution in [3.8, 4) is 5.75 Å². The van der Waals surface area contributed by atoms with Crippen molar-refractivity contribution in [3.05, 3.63) is 29.8 Å². The van der Waals surface area contributed by atoms with E-state index in [1.165, 1.54) is 6.07 Å². The summed E-state index contributed by atoms with van der Waals surface area (Å²) in [4.78, 5) is 11.8. The zero-order valence-electron chi connectivity index (χ0n) is 10.4. The molecule has 4 N–H and O–H groups in total. The molecule has 0 fully saturated rings. The van der Waals surface area contributed by atoms with Crippen LogP contribution in [0, 0.1) is 0 Å². The van der Waals surface area contributed by atoms with Crippen LogP contribution < -0.4 is 5.32 Å². The van der Waals surface area contributed by atoms with Crippen molar-refractivity contribution in [1.29, 1.82) is 0 Å². The van der Waals surface area contributed by atoms with Crippen LogP contribution in [0.3, 0.4) is 0 Å². The van der Waals surface area contributed by atoms with Crippen LogP contribution in [0.4, 0.5) is 0 Å². The van der Waals surface area contributed by atoms with Gasteiger partial charge in [-0.2, -0.15) is 0 Å². The van der Waals surface area contributed by atoms with Crippen LogP contribution in [0.2, 0.25) is 0 Å². The third-order valence-corrected chi connectivity index (χ3v) is 3.03. The molecule has 0 unspecified atom stereocenters. The molecule has 0 aliphatic heterocycles. The number of phenols is 1. The molecular formula is C13H19NO4. The summed E-state index contributed by atoms with van der Waals surface area (Å²) in [6.45, 7) is 1.12. The zero-order valence-corrected chi connectivity index (χ0v) is 10.4. The van der Waals surface area contributed by atoms with E-state index in [2.05, 4.69) is 5.32 Å². The average molecular weight is 253 g/mol. The molecular weight excluding hydrogens is 234 g/mol. The minimum Gasteiger partial charge on any atom is -0.508 e. The van der Waals surface area contributed by atoms with Crippen LogP contribution in [0.1, 0.15) is 18.9 Å². The molecule has 1 aromatic carbocycles. The molecule has 5 nitrogen and oxygen atoms in total. The highest BCUT2D eigenvalue weighted by atomic mass is 16.3. The fraction of sp³-hybridized carbons (Fsp3) is 0.462. The number of amides is 1. The number of phenolic OH excluding ortho intramolecular Hbond substituents is 1. The number of aliphatic hydroxyl groups excluding tert-OH is 2. The monoisotopic (exact) mass is 253 g/mol. The lowest BCUT2D eigenvalue weighted by molar-refractivity contribution is -0.123. The molecule has 18 heavy (non-hydrogen) atoms. The molecule has 0 aliphatic carbocycles. The van der Waals surface area contributed by atoms with Crippen molar-refractivity contribution < 1.29 is 20.1 Å². The Morgan fingerprint density at radius 1 is 1.28 bits per heavy atom. The summed E-state index contributed by atoms with van der Waals surface area (Å²) < 4.78 is 0. The fourth-order valence-electron chi connectivity index (χ4n) is 1.61. The highest BCUT2D eigenvalue weighted by Crippen LogP contribution is 2.17. The number of hydrogen-bond acceptors (Lipinski definition) is 4. The molecule has 0 bridgehead atoms. The molecule has 0 spiro atoms. The average Bonchev–Trinajstić information content (AvgIpc) is 2.39. The summed E-state index contributed by atoms with van der Waals surface area (Å²) in [6.07, 6.45) is 0.431. The van der Waals surface area contributed by atoms with Crippen molar-refractivity contribution in [2.75, 3.05) is 13.2 Å². The van der Waals surface area contributed by atoms with Crippen LogP contribution in [0.25, 0.3) is 0 Å². The van der Waals surface area contributed by atoms with E-state index in [4.69, 9.17) is 0 Å². The summed E-state index contributed by atoms with van der Waals surface area (Å²) >= 11 is 0. The normalized spacial score (nSPS) is 11.3. The van der Waals surface area contributed by atoms with E-state index in [1.54, 1.807) is 25.1 Å². The second-order valence-electron chi connectivity index (χ2n) is 4.30.